The van der Waals surface area contributed by atoms with Crippen molar-refractivity contribution >= 4 is 16.8 Å². The molecule has 1 unspecified atom stereocenters. The summed E-state index contributed by atoms with van der Waals surface area (Å²) in [6.45, 7) is 5.40. The number of nitrogens with zero attached hydrogens (tertiary/aromatic N) is 3. The van der Waals surface area contributed by atoms with E-state index in [2.05, 4.69) is 34.3 Å². The van der Waals surface area contributed by atoms with E-state index in [0.29, 0.717) is 6.42 Å². The molecule has 1 atom stereocenters. The second-order valence-electron chi connectivity index (χ2n) is 6.19. The quantitative estimate of drug-likeness (QED) is 0.866. The van der Waals surface area contributed by atoms with Crippen LogP contribution in [0.1, 0.15) is 11.1 Å². The van der Waals surface area contributed by atoms with E-state index in [1.165, 1.54) is 0 Å². The first-order chi connectivity index (χ1) is 10.5. The van der Waals surface area contributed by atoms with E-state index >= 15 is 0 Å². The van der Waals surface area contributed by atoms with Crippen molar-refractivity contribution in [2.45, 2.75) is 19.4 Å². The summed E-state index contributed by atoms with van der Waals surface area (Å²) in [5.41, 5.74) is 9.41. The van der Waals surface area contributed by atoms with Gasteiger partial charge in [-0.05, 0) is 37.6 Å². The van der Waals surface area contributed by atoms with Crippen molar-refractivity contribution in [3.63, 3.8) is 0 Å². The average molecular weight is 301 g/mol. The van der Waals surface area contributed by atoms with Crippen LogP contribution >= 0.6 is 0 Å². The smallest absolute Gasteiger partial charge is 0.239 e. The van der Waals surface area contributed by atoms with Crippen LogP contribution in [0.15, 0.2) is 18.3 Å². The summed E-state index contributed by atoms with van der Waals surface area (Å²) in [5.74, 6) is 0.0537. The third-order valence-electron chi connectivity index (χ3n) is 4.39. The Balaban J connectivity index is 1.69. The van der Waals surface area contributed by atoms with Gasteiger partial charge >= 0.3 is 0 Å². The van der Waals surface area contributed by atoms with Gasteiger partial charge in [-0.2, -0.15) is 5.10 Å². The summed E-state index contributed by atoms with van der Waals surface area (Å²) in [5, 5.41) is 8.11. The normalized spacial score (nSPS) is 17.9. The maximum atomic E-state index is 12.5. The highest BCUT2D eigenvalue weighted by Gasteiger charge is 2.24. The number of likely N-dealkylation sites (N-methyl/N-ethyl adjacent to an activating group) is 1. The topological polar surface area (TPSA) is 78.2 Å². The van der Waals surface area contributed by atoms with Crippen LogP contribution in [0.3, 0.4) is 0 Å². The third-order valence-corrected chi connectivity index (χ3v) is 4.39. The number of amides is 1. The zero-order valence-corrected chi connectivity index (χ0v) is 13.2. The summed E-state index contributed by atoms with van der Waals surface area (Å²) < 4.78 is 0. The minimum Gasteiger partial charge on any atom is -0.339 e. The first-order valence-electron chi connectivity index (χ1n) is 7.70. The Hall–Kier alpha value is -1.92. The van der Waals surface area contributed by atoms with Crippen LogP contribution in [0.5, 0.6) is 0 Å². The number of nitrogens with one attached hydrogen (secondary N) is 1. The van der Waals surface area contributed by atoms with Gasteiger partial charge in [0.15, 0.2) is 0 Å². The largest absolute Gasteiger partial charge is 0.339 e. The summed E-state index contributed by atoms with van der Waals surface area (Å²) in [6, 6.07) is 3.66. The fraction of sp³-hybridized carbons (Fsp3) is 0.500. The predicted octanol–water partition coefficient (Wildman–Crippen LogP) is 0.515. The number of aromatic amines is 1. The lowest BCUT2D eigenvalue weighted by Gasteiger charge is -2.33. The summed E-state index contributed by atoms with van der Waals surface area (Å²) in [7, 11) is 2.07. The molecular weight excluding hydrogens is 278 g/mol. The van der Waals surface area contributed by atoms with Gasteiger partial charge in [-0.25, -0.2) is 0 Å². The Labute approximate surface area is 130 Å². The predicted molar refractivity (Wildman–Crippen MR) is 86.6 cm³/mol. The number of hydrogen-bond donors (Lipinski definition) is 2. The van der Waals surface area contributed by atoms with E-state index in [-0.39, 0.29) is 5.91 Å². The van der Waals surface area contributed by atoms with E-state index in [1.807, 2.05) is 11.8 Å². The number of H-pyrrole nitrogens is 1. The minimum absolute atomic E-state index is 0.0537. The molecule has 0 radical (unpaired) electrons. The van der Waals surface area contributed by atoms with Gasteiger partial charge in [0, 0.05) is 31.6 Å². The number of fused-ring (bicyclic) bond motifs is 1. The van der Waals surface area contributed by atoms with Crippen molar-refractivity contribution in [1.29, 1.82) is 0 Å². The van der Waals surface area contributed by atoms with Gasteiger partial charge in [0.25, 0.3) is 0 Å². The first-order valence-corrected chi connectivity index (χ1v) is 7.70. The van der Waals surface area contributed by atoms with Crippen molar-refractivity contribution in [3.05, 3.63) is 29.5 Å². The van der Waals surface area contributed by atoms with Gasteiger partial charge in [0.1, 0.15) is 0 Å². The number of benzene rings is 1. The van der Waals surface area contributed by atoms with Gasteiger partial charge in [-0.15, -0.1) is 0 Å². The van der Waals surface area contributed by atoms with Gasteiger partial charge in [-0.1, -0.05) is 6.07 Å². The van der Waals surface area contributed by atoms with E-state index in [1.54, 1.807) is 6.20 Å². The van der Waals surface area contributed by atoms with Crippen LogP contribution in [0.25, 0.3) is 10.9 Å². The molecule has 1 aliphatic heterocycles. The van der Waals surface area contributed by atoms with Gasteiger partial charge in [0.2, 0.25) is 5.91 Å². The molecule has 22 heavy (non-hydrogen) atoms. The van der Waals surface area contributed by atoms with Gasteiger partial charge in [-0.3, -0.25) is 9.89 Å². The van der Waals surface area contributed by atoms with Gasteiger partial charge in [0.05, 0.1) is 17.8 Å². The average Bonchev–Trinajstić information content (AvgIpc) is 2.96. The molecule has 1 fully saturated rings. The standard InChI is InChI=1S/C16H23N5O/c1-11-7-12(8-13-10-18-19-15(11)13)9-14(17)16(22)21-5-3-20(2)4-6-21/h7-8,10,14H,3-6,9,17H2,1-2H3,(H,18,19). The molecule has 3 N–H and O–H groups in total. The van der Waals surface area contributed by atoms with E-state index < -0.39 is 6.04 Å². The molecule has 6 heteroatoms. The summed E-state index contributed by atoms with van der Waals surface area (Å²) >= 11 is 0. The lowest BCUT2D eigenvalue weighted by atomic mass is 10.0. The lowest BCUT2D eigenvalue weighted by molar-refractivity contribution is -0.134. The Kier molecular flexibility index (Phi) is 4.13. The molecule has 0 spiro atoms. The number of piperazine rings is 1. The second-order valence-corrected chi connectivity index (χ2v) is 6.19. The van der Waals surface area contributed by atoms with Crippen molar-refractivity contribution < 1.29 is 4.79 Å². The van der Waals surface area contributed by atoms with E-state index in [4.69, 9.17) is 5.73 Å². The fourth-order valence-corrected chi connectivity index (χ4v) is 3.03. The number of nitrogens with two attached hydrogens (primary N) is 1. The van der Waals surface area contributed by atoms with Crippen LogP contribution in [-0.2, 0) is 11.2 Å². The number of hydrogen-bond acceptors (Lipinski definition) is 4. The fourth-order valence-electron chi connectivity index (χ4n) is 3.03. The minimum atomic E-state index is -0.479. The van der Waals surface area contributed by atoms with E-state index in [0.717, 1.165) is 48.2 Å². The summed E-state index contributed by atoms with van der Waals surface area (Å²) in [6.07, 6.45) is 2.37. The zero-order valence-electron chi connectivity index (χ0n) is 13.2. The Morgan fingerprint density at radius 2 is 2.09 bits per heavy atom. The number of carbonyl (C=O) groups is 1. The molecule has 0 aliphatic carbocycles. The molecule has 0 saturated carbocycles. The first kappa shape index (κ1) is 15.0. The highest BCUT2D eigenvalue weighted by Crippen LogP contribution is 2.19. The molecule has 1 saturated heterocycles. The Bertz CT molecular complexity index is 672. The van der Waals surface area contributed by atoms with Crippen LogP contribution in [0, 0.1) is 6.92 Å². The number of rotatable bonds is 3. The van der Waals surface area contributed by atoms with E-state index in [9.17, 15) is 4.79 Å². The van der Waals surface area contributed by atoms with Crippen LogP contribution in [-0.4, -0.2) is 65.2 Å². The molecule has 6 nitrogen and oxygen atoms in total. The molecular formula is C16H23N5O. The highest BCUT2D eigenvalue weighted by molar-refractivity contribution is 5.84. The van der Waals surface area contributed by atoms with Gasteiger partial charge < -0.3 is 15.5 Å². The molecule has 118 valence electrons. The molecule has 1 aliphatic rings. The van der Waals surface area contributed by atoms with Crippen molar-refractivity contribution in [1.82, 2.24) is 20.0 Å². The number of aromatic nitrogens is 2. The molecule has 1 aromatic carbocycles. The number of carbonyl (C=O) groups excluding carboxylic acids is 1. The molecule has 1 aromatic heterocycles. The maximum absolute atomic E-state index is 12.5. The Morgan fingerprint density at radius 3 is 2.82 bits per heavy atom. The van der Waals surface area contributed by atoms with Crippen molar-refractivity contribution in [3.8, 4) is 0 Å². The molecule has 3 rings (SSSR count). The third kappa shape index (κ3) is 2.98. The van der Waals surface area contributed by atoms with Crippen LogP contribution in [0.2, 0.25) is 0 Å². The maximum Gasteiger partial charge on any atom is 0.239 e. The zero-order chi connectivity index (χ0) is 15.7. The van der Waals surface area contributed by atoms with Crippen LogP contribution in [0.4, 0.5) is 0 Å². The monoisotopic (exact) mass is 301 g/mol. The molecule has 1 amide bonds. The molecule has 2 heterocycles. The summed E-state index contributed by atoms with van der Waals surface area (Å²) in [4.78, 5) is 16.6. The molecule has 0 bridgehead atoms. The van der Waals surface area contributed by atoms with Crippen molar-refractivity contribution in [2.75, 3.05) is 33.2 Å². The van der Waals surface area contributed by atoms with Crippen molar-refractivity contribution in [2.24, 2.45) is 5.73 Å². The SMILES string of the molecule is Cc1cc(CC(N)C(=O)N2CCN(C)CC2)cc2cn[nH]c12. The lowest BCUT2D eigenvalue weighted by Crippen LogP contribution is -2.52. The highest BCUT2D eigenvalue weighted by atomic mass is 16.2. The number of aryl methyl sites for hydroxylation is 1. The van der Waals surface area contributed by atoms with Crippen LogP contribution < -0.4 is 5.73 Å². The second kappa shape index (κ2) is 6.06. The Morgan fingerprint density at radius 1 is 1.36 bits per heavy atom. The molecule has 2 aromatic rings.